The van der Waals surface area contributed by atoms with E-state index in [2.05, 4.69) is 20.9 Å². The Balaban J connectivity index is 2.11. The molecule has 0 aliphatic rings. The highest BCUT2D eigenvalue weighted by Gasteiger charge is 2.30. The standard InChI is InChI=1S/C14H9BrF3NO/c15-11-4-1-9(2-5-11)7-13(20)12-6-3-10(8-19-12)14(16,17)18/h1-6,8H,7H2. The molecular formula is C14H9BrF3NO. The zero-order valence-corrected chi connectivity index (χ0v) is 11.7. The normalized spacial score (nSPS) is 11.4. The number of hydrogen-bond acceptors (Lipinski definition) is 2. The fraction of sp³-hybridized carbons (Fsp3) is 0.143. The van der Waals surface area contributed by atoms with Crippen LogP contribution in [0.3, 0.4) is 0 Å². The van der Waals surface area contributed by atoms with Gasteiger partial charge in [0.1, 0.15) is 5.69 Å². The predicted molar refractivity (Wildman–Crippen MR) is 71.4 cm³/mol. The first-order chi connectivity index (χ1) is 9.36. The lowest BCUT2D eigenvalue weighted by atomic mass is 10.1. The molecule has 0 unspecified atom stereocenters. The van der Waals surface area contributed by atoms with Gasteiger partial charge in [-0.3, -0.25) is 9.78 Å². The molecular weight excluding hydrogens is 335 g/mol. The maximum atomic E-state index is 12.4. The summed E-state index contributed by atoms with van der Waals surface area (Å²) in [6, 6.07) is 9.09. The van der Waals surface area contributed by atoms with Crippen molar-refractivity contribution in [2.24, 2.45) is 0 Å². The molecule has 1 aromatic carbocycles. The Bertz CT molecular complexity index is 606. The molecule has 20 heavy (non-hydrogen) atoms. The molecule has 2 nitrogen and oxygen atoms in total. The van der Waals surface area contributed by atoms with Crippen molar-refractivity contribution in [1.29, 1.82) is 0 Å². The molecule has 0 N–H and O–H groups in total. The first kappa shape index (κ1) is 14.7. The molecule has 0 saturated heterocycles. The third kappa shape index (κ3) is 3.66. The van der Waals surface area contributed by atoms with Crippen molar-refractivity contribution < 1.29 is 18.0 Å². The second kappa shape index (κ2) is 5.75. The highest BCUT2D eigenvalue weighted by Crippen LogP contribution is 2.28. The van der Waals surface area contributed by atoms with Crippen LogP contribution in [0.15, 0.2) is 47.1 Å². The lowest BCUT2D eigenvalue weighted by Gasteiger charge is -2.06. The van der Waals surface area contributed by atoms with E-state index in [9.17, 15) is 18.0 Å². The van der Waals surface area contributed by atoms with Gasteiger partial charge in [-0.05, 0) is 29.8 Å². The summed E-state index contributed by atoms with van der Waals surface area (Å²) < 4.78 is 38.0. The Morgan fingerprint density at radius 1 is 1.10 bits per heavy atom. The number of nitrogens with zero attached hydrogens (tertiary/aromatic N) is 1. The maximum absolute atomic E-state index is 12.4. The van der Waals surface area contributed by atoms with Gasteiger partial charge in [0.05, 0.1) is 5.56 Å². The van der Waals surface area contributed by atoms with Gasteiger partial charge < -0.3 is 0 Å². The van der Waals surface area contributed by atoms with Gasteiger partial charge in [-0.1, -0.05) is 28.1 Å². The lowest BCUT2D eigenvalue weighted by molar-refractivity contribution is -0.137. The molecule has 1 aromatic heterocycles. The summed E-state index contributed by atoms with van der Waals surface area (Å²) >= 11 is 3.28. The summed E-state index contributed by atoms with van der Waals surface area (Å²) in [4.78, 5) is 15.5. The van der Waals surface area contributed by atoms with Gasteiger partial charge in [0.2, 0.25) is 0 Å². The van der Waals surface area contributed by atoms with Crippen LogP contribution < -0.4 is 0 Å². The van der Waals surface area contributed by atoms with Gasteiger partial charge >= 0.3 is 6.18 Å². The SMILES string of the molecule is O=C(Cc1ccc(Br)cc1)c1ccc(C(F)(F)F)cn1. The van der Waals surface area contributed by atoms with Crippen LogP contribution in [0.1, 0.15) is 21.6 Å². The Hall–Kier alpha value is -1.69. The van der Waals surface area contributed by atoms with Gasteiger partial charge in [-0.15, -0.1) is 0 Å². The Kier molecular flexibility index (Phi) is 4.23. The average Bonchev–Trinajstić information content (AvgIpc) is 2.40. The van der Waals surface area contributed by atoms with Gasteiger partial charge in [-0.2, -0.15) is 13.2 Å². The Morgan fingerprint density at radius 3 is 2.25 bits per heavy atom. The molecule has 0 aliphatic carbocycles. The largest absolute Gasteiger partial charge is 0.417 e. The number of carbonyl (C=O) groups is 1. The molecule has 0 atom stereocenters. The van der Waals surface area contributed by atoms with Crippen molar-refractivity contribution in [3.63, 3.8) is 0 Å². The first-order valence-corrected chi connectivity index (χ1v) is 6.46. The highest BCUT2D eigenvalue weighted by atomic mass is 79.9. The zero-order chi connectivity index (χ0) is 14.8. The molecule has 6 heteroatoms. The second-order valence-electron chi connectivity index (χ2n) is 4.16. The number of hydrogen-bond donors (Lipinski definition) is 0. The average molecular weight is 344 g/mol. The third-order valence-corrected chi connectivity index (χ3v) is 3.18. The zero-order valence-electron chi connectivity index (χ0n) is 10.1. The van der Waals surface area contributed by atoms with Crippen LogP contribution in [0, 0.1) is 0 Å². The van der Waals surface area contributed by atoms with E-state index >= 15 is 0 Å². The Labute approximate surface area is 121 Å². The molecule has 0 radical (unpaired) electrons. The number of carbonyl (C=O) groups excluding carboxylic acids is 1. The monoisotopic (exact) mass is 343 g/mol. The molecule has 104 valence electrons. The van der Waals surface area contributed by atoms with E-state index in [1.807, 2.05) is 0 Å². The summed E-state index contributed by atoms with van der Waals surface area (Å²) in [5.74, 6) is -0.318. The molecule has 0 bridgehead atoms. The van der Waals surface area contributed by atoms with Crippen molar-refractivity contribution in [3.8, 4) is 0 Å². The van der Waals surface area contributed by atoms with E-state index in [1.54, 1.807) is 24.3 Å². The molecule has 0 saturated carbocycles. The summed E-state index contributed by atoms with van der Waals surface area (Å²) in [6.45, 7) is 0. The minimum absolute atomic E-state index is 0.0286. The smallest absolute Gasteiger partial charge is 0.292 e. The fourth-order valence-corrected chi connectivity index (χ4v) is 1.87. The van der Waals surface area contributed by atoms with E-state index in [0.29, 0.717) is 6.20 Å². The van der Waals surface area contributed by atoms with Crippen molar-refractivity contribution in [1.82, 2.24) is 4.98 Å². The summed E-state index contributed by atoms with van der Waals surface area (Å²) in [6.07, 6.45) is -3.67. The summed E-state index contributed by atoms with van der Waals surface area (Å²) in [5.41, 5.74) is -0.0569. The minimum atomic E-state index is -4.44. The molecule has 0 fully saturated rings. The number of Topliss-reactive ketones (excluding diaryl/α,β-unsaturated/α-hetero) is 1. The lowest BCUT2D eigenvalue weighted by Crippen LogP contribution is -2.09. The number of alkyl halides is 3. The molecule has 0 spiro atoms. The molecule has 2 aromatic rings. The number of halogens is 4. The van der Waals surface area contributed by atoms with Crippen molar-refractivity contribution in [3.05, 3.63) is 63.9 Å². The van der Waals surface area contributed by atoms with Gasteiger partial charge in [0.25, 0.3) is 0 Å². The van der Waals surface area contributed by atoms with E-state index < -0.39 is 11.7 Å². The quantitative estimate of drug-likeness (QED) is 0.778. The van der Waals surface area contributed by atoms with Crippen molar-refractivity contribution in [2.75, 3.05) is 0 Å². The summed E-state index contributed by atoms with van der Waals surface area (Å²) in [5, 5.41) is 0. The van der Waals surface area contributed by atoms with E-state index in [-0.39, 0.29) is 17.9 Å². The van der Waals surface area contributed by atoms with Gasteiger partial charge in [0, 0.05) is 17.1 Å². The van der Waals surface area contributed by atoms with Crippen LogP contribution in [-0.2, 0) is 12.6 Å². The first-order valence-electron chi connectivity index (χ1n) is 5.67. The molecule has 0 aliphatic heterocycles. The van der Waals surface area contributed by atoms with E-state index in [0.717, 1.165) is 22.2 Å². The highest BCUT2D eigenvalue weighted by molar-refractivity contribution is 9.10. The van der Waals surface area contributed by atoms with Crippen LogP contribution in [-0.4, -0.2) is 10.8 Å². The molecule has 1 heterocycles. The Morgan fingerprint density at radius 2 is 1.75 bits per heavy atom. The van der Waals surface area contributed by atoms with E-state index in [4.69, 9.17) is 0 Å². The number of pyridine rings is 1. The summed E-state index contributed by atoms with van der Waals surface area (Å²) in [7, 11) is 0. The number of benzene rings is 1. The fourth-order valence-electron chi connectivity index (χ4n) is 1.60. The van der Waals surface area contributed by atoms with Crippen LogP contribution in [0.25, 0.3) is 0 Å². The van der Waals surface area contributed by atoms with Crippen molar-refractivity contribution >= 4 is 21.7 Å². The third-order valence-electron chi connectivity index (χ3n) is 2.65. The maximum Gasteiger partial charge on any atom is 0.417 e. The van der Waals surface area contributed by atoms with Gasteiger partial charge in [0.15, 0.2) is 5.78 Å². The van der Waals surface area contributed by atoms with Crippen LogP contribution in [0.2, 0.25) is 0 Å². The molecule has 2 rings (SSSR count). The van der Waals surface area contributed by atoms with Crippen molar-refractivity contribution in [2.45, 2.75) is 12.6 Å². The predicted octanol–water partition coefficient (Wildman–Crippen LogP) is 4.29. The second-order valence-corrected chi connectivity index (χ2v) is 5.07. The van der Waals surface area contributed by atoms with Crippen LogP contribution >= 0.6 is 15.9 Å². The van der Waals surface area contributed by atoms with Crippen LogP contribution in [0.5, 0.6) is 0 Å². The number of aromatic nitrogens is 1. The topological polar surface area (TPSA) is 30.0 Å². The van der Waals surface area contributed by atoms with Gasteiger partial charge in [-0.25, -0.2) is 0 Å². The number of ketones is 1. The minimum Gasteiger partial charge on any atom is -0.292 e. The number of rotatable bonds is 3. The molecule has 0 amide bonds. The van der Waals surface area contributed by atoms with E-state index in [1.165, 1.54) is 0 Å². The van der Waals surface area contributed by atoms with Crippen LogP contribution in [0.4, 0.5) is 13.2 Å².